The normalized spacial score (nSPS) is 10.9. The van der Waals surface area contributed by atoms with E-state index < -0.39 is 0 Å². The zero-order valence-corrected chi connectivity index (χ0v) is 13.8. The van der Waals surface area contributed by atoms with Crippen LogP contribution in [0.1, 0.15) is 11.1 Å². The number of halogens is 1. The van der Waals surface area contributed by atoms with Crippen molar-refractivity contribution in [3.8, 4) is 5.75 Å². The Labute approximate surface area is 134 Å². The highest BCUT2D eigenvalue weighted by molar-refractivity contribution is 9.10. The Bertz CT molecular complexity index is 540. The topological polar surface area (TPSA) is 38.5 Å². The van der Waals surface area contributed by atoms with Crippen LogP contribution in [0.25, 0.3) is 0 Å². The highest BCUT2D eigenvalue weighted by Crippen LogP contribution is 2.13. The second-order valence-corrected chi connectivity index (χ2v) is 5.98. The van der Waals surface area contributed by atoms with Gasteiger partial charge in [0.05, 0.1) is 0 Å². The summed E-state index contributed by atoms with van der Waals surface area (Å²) in [6, 6.07) is 16.3. The molecule has 3 nitrogen and oxygen atoms in total. The molecule has 0 aromatic heterocycles. The van der Waals surface area contributed by atoms with Gasteiger partial charge in [0.15, 0.2) is 0 Å². The predicted octanol–water partition coefficient (Wildman–Crippen LogP) is 3.42. The summed E-state index contributed by atoms with van der Waals surface area (Å²) in [4.78, 5) is 2.25. The number of nitrogens with zero attached hydrogens (tertiary/aromatic N) is 1. The third kappa shape index (κ3) is 5.50. The summed E-state index contributed by atoms with van der Waals surface area (Å²) in [5.74, 6) is 0.893. The fourth-order valence-corrected chi connectivity index (χ4v) is 2.29. The average Bonchev–Trinajstić information content (AvgIpc) is 2.50. The molecule has 0 amide bonds. The quantitative estimate of drug-likeness (QED) is 0.833. The molecule has 112 valence electrons. The lowest BCUT2D eigenvalue weighted by atomic mass is 10.2. The van der Waals surface area contributed by atoms with E-state index >= 15 is 0 Å². The van der Waals surface area contributed by atoms with Gasteiger partial charge in [0.1, 0.15) is 12.4 Å². The van der Waals surface area contributed by atoms with Crippen LogP contribution in [-0.4, -0.2) is 25.1 Å². The summed E-state index contributed by atoms with van der Waals surface area (Å²) in [5, 5.41) is 0. The maximum absolute atomic E-state index is 5.74. The maximum atomic E-state index is 5.74. The van der Waals surface area contributed by atoms with E-state index in [-0.39, 0.29) is 0 Å². The number of nitrogens with two attached hydrogens (primary N) is 1. The van der Waals surface area contributed by atoms with Crippen LogP contribution in [0.5, 0.6) is 5.75 Å². The highest BCUT2D eigenvalue weighted by Gasteiger charge is 2.01. The Hall–Kier alpha value is -1.36. The first kappa shape index (κ1) is 16.0. The molecule has 2 N–H and O–H groups in total. The molecule has 0 aliphatic carbocycles. The summed E-state index contributed by atoms with van der Waals surface area (Å²) in [7, 11) is 2.10. The molecule has 0 heterocycles. The third-order valence-electron chi connectivity index (χ3n) is 3.27. The number of hydrogen-bond acceptors (Lipinski definition) is 3. The van der Waals surface area contributed by atoms with Crippen molar-refractivity contribution in [1.29, 1.82) is 0 Å². The van der Waals surface area contributed by atoms with Gasteiger partial charge in [-0.1, -0.05) is 40.2 Å². The van der Waals surface area contributed by atoms with Crippen LogP contribution >= 0.6 is 15.9 Å². The van der Waals surface area contributed by atoms with E-state index in [0.717, 1.165) is 28.9 Å². The lowest BCUT2D eigenvalue weighted by molar-refractivity contribution is 0.233. The van der Waals surface area contributed by atoms with Gasteiger partial charge in [-0.05, 0) is 42.4 Å². The minimum atomic E-state index is 0.566. The monoisotopic (exact) mass is 348 g/mol. The molecule has 4 heteroatoms. The number of ether oxygens (including phenoxy) is 1. The molecule has 2 aromatic carbocycles. The molecule has 0 aliphatic heterocycles. The van der Waals surface area contributed by atoms with Crippen LogP contribution in [0.15, 0.2) is 53.0 Å². The minimum absolute atomic E-state index is 0.566. The zero-order valence-electron chi connectivity index (χ0n) is 12.3. The second kappa shape index (κ2) is 8.17. The van der Waals surface area contributed by atoms with Gasteiger partial charge in [-0.3, -0.25) is 4.90 Å². The van der Waals surface area contributed by atoms with Gasteiger partial charge < -0.3 is 10.5 Å². The summed E-state index contributed by atoms with van der Waals surface area (Å²) >= 11 is 3.45. The van der Waals surface area contributed by atoms with Gasteiger partial charge >= 0.3 is 0 Å². The van der Waals surface area contributed by atoms with Crippen LogP contribution in [0.2, 0.25) is 0 Å². The maximum Gasteiger partial charge on any atom is 0.119 e. The van der Waals surface area contributed by atoms with Gasteiger partial charge in [0.2, 0.25) is 0 Å². The highest BCUT2D eigenvalue weighted by atomic mass is 79.9. The Balaban J connectivity index is 1.73. The van der Waals surface area contributed by atoms with Crippen LogP contribution in [0, 0.1) is 0 Å². The van der Waals surface area contributed by atoms with Crippen LogP contribution in [-0.2, 0) is 13.1 Å². The SMILES string of the molecule is CN(CCOc1ccc(CN)cc1)Cc1ccc(Br)cc1. The molecule has 21 heavy (non-hydrogen) atoms. The third-order valence-corrected chi connectivity index (χ3v) is 3.80. The first-order valence-corrected chi connectivity index (χ1v) is 7.81. The zero-order chi connectivity index (χ0) is 15.1. The molecule has 2 aromatic rings. The second-order valence-electron chi connectivity index (χ2n) is 5.06. The van der Waals surface area contributed by atoms with Gasteiger partial charge in [-0.15, -0.1) is 0 Å². The van der Waals surface area contributed by atoms with E-state index in [1.165, 1.54) is 5.56 Å². The van der Waals surface area contributed by atoms with Crippen molar-refractivity contribution in [1.82, 2.24) is 4.90 Å². The number of rotatable bonds is 7. The van der Waals surface area contributed by atoms with E-state index in [9.17, 15) is 0 Å². The molecule has 0 aliphatic rings. The molecule has 0 unspecified atom stereocenters. The number of hydrogen-bond donors (Lipinski definition) is 1. The molecule has 0 saturated carbocycles. The molecule has 0 bridgehead atoms. The van der Waals surface area contributed by atoms with Gasteiger partial charge in [0, 0.05) is 24.1 Å². The summed E-state index contributed by atoms with van der Waals surface area (Å²) in [6.45, 7) is 3.04. The van der Waals surface area contributed by atoms with Gasteiger partial charge in [-0.25, -0.2) is 0 Å². The Kier molecular flexibility index (Phi) is 6.23. The van der Waals surface area contributed by atoms with E-state index in [4.69, 9.17) is 10.5 Å². The van der Waals surface area contributed by atoms with E-state index in [0.29, 0.717) is 13.2 Å². The Morgan fingerprint density at radius 2 is 1.62 bits per heavy atom. The standard InChI is InChI=1S/C17H21BrN2O/c1-20(13-15-2-6-16(18)7-3-15)10-11-21-17-8-4-14(12-19)5-9-17/h2-9H,10-13,19H2,1H3. The molecule has 0 atom stereocenters. The summed E-state index contributed by atoms with van der Waals surface area (Å²) in [5.41, 5.74) is 7.99. The van der Waals surface area contributed by atoms with Crippen molar-refractivity contribution < 1.29 is 4.74 Å². The molecule has 0 radical (unpaired) electrons. The van der Waals surface area contributed by atoms with E-state index in [1.54, 1.807) is 0 Å². The molecule has 0 saturated heterocycles. The van der Waals surface area contributed by atoms with Crippen LogP contribution < -0.4 is 10.5 Å². The predicted molar refractivity (Wildman–Crippen MR) is 90.3 cm³/mol. The first-order chi connectivity index (χ1) is 10.2. The summed E-state index contributed by atoms with van der Waals surface area (Å²) < 4.78 is 6.85. The number of likely N-dealkylation sites (N-methyl/N-ethyl adjacent to an activating group) is 1. The summed E-state index contributed by atoms with van der Waals surface area (Å²) in [6.07, 6.45) is 0. The van der Waals surface area contributed by atoms with Crippen LogP contribution in [0.4, 0.5) is 0 Å². The van der Waals surface area contributed by atoms with E-state index in [2.05, 4.69) is 52.1 Å². The van der Waals surface area contributed by atoms with Gasteiger partial charge in [-0.2, -0.15) is 0 Å². The average molecular weight is 349 g/mol. The first-order valence-electron chi connectivity index (χ1n) is 7.02. The molecule has 0 spiro atoms. The van der Waals surface area contributed by atoms with Crippen molar-refractivity contribution in [3.63, 3.8) is 0 Å². The molecule has 0 fully saturated rings. The lowest BCUT2D eigenvalue weighted by Gasteiger charge is -2.17. The molecular weight excluding hydrogens is 328 g/mol. The number of benzene rings is 2. The molecular formula is C17H21BrN2O. The van der Waals surface area contributed by atoms with Crippen molar-refractivity contribution in [3.05, 3.63) is 64.1 Å². The van der Waals surface area contributed by atoms with Crippen LogP contribution in [0.3, 0.4) is 0 Å². The Morgan fingerprint density at radius 1 is 1.00 bits per heavy atom. The van der Waals surface area contributed by atoms with Gasteiger partial charge in [0.25, 0.3) is 0 Å². The van der Waals surface area contributed by atoms with Crippen molar-refractivity contribution >= 4 is 15.9 Å². The minimum Gasteiger partial charge on any atom is -0.492 e. The fraction of sp³-hybridized carbons (Fsp3) is 0.294. The smallest absolute Gasteiger partial charge is 0.119 e. The lowest BCUT2D eigenvalue weighted by Crippen LogP contribution is -2.23. The molecule has 2 rings (SSSR count). The fourth-order valence-electron chi connectivity index (χ4n) is 2.02. The van der Waals surface area contributed by atoms with E-state index in [1.807, 2.05) is 24.3 Å². The Morgan fingerprint density at radius 3 is 2.24 bits per heavy atom. The largest absolute Gasteiger partial charge is 0.492 e. The van der Waals surface area contributed by atoms with Crippen molar-refractivity contribution in [2.45, 2.75) is 13.1 Å². The van der Waals surface area contributed by atoms with Crippen molar-refractivity contribution in [2.24, 2.45) is 5.73 Å². The van der Waals surface area contributed by atoms with Crippen molar-refractivity contribution in [2.75, 3.05) is 20.2 Å².